The third-order valence-corrected chi connectivity index (χ3v) is 6.02. The van der Waals surface area contributed by atoms with E-state index in [1.165, 1.54) is 6.92 Å². The van der Waals surface area contributed by atoms with Gasteiger partial charge in [0.05, 0.1) is 31.0 Å². The fourth-order valence-corrected chi connectivity index (χ4v) is 4.18. The van der Waals surface area contributed by atoms with Crippen molar-refractivity contribution in [1.29, 1.82) is 0 Å². The van der Waals surface area contributed by atoms with Crippen LogP contribution in [0.15, 0.2) is 12.3 Å². The summed E-state index contributed by atoms with van der Waals surface area (Å²) in [6, 6.07) is 0.900. The summed E-state index contributed by atoms with van der Waals surface area (Å²) >= 11 is 0. The largest absolute Gasteiger partial charge is 0.416 e. The van der Waals surface area contributed by atoms with Gasteiger partial charge in [0.15, 0.2) is 11.4 Å². The lowest BCUT2D eigenvalue weighted by Crippen LogP contribution is -2.71. The molecule has 0 radical (unpaired) electrons. The Hall–Kier alpha value is -3.49. The van der Waals surface area contributed by atoms with Crippen molar-refractivity contribution in [2.24, 2.45) is 0 Å². The van der Waals surface area contributed by atoms with Crippen molar-refractivity contribution < 1.29 is 49.9 Å². The second kappa shape index (κ2) is 8.87. The van der Waals surface area contributed by atoms with Gasteiger partial charge in [0.2, 0.25) is 0 Å². The first kappa shape index (κ1) is 25.6. The number of Topliss-reactive ketones (excluding diaryl/α,β-unsaturated/α-hetero) is 1. The minimum absolute atomic E-state index is 0.111. The van der Waals surface area contributed by atoms with Gasteiger partial charge in [-0.25, -0.2) is 17.6 Å². The standard InChI is InChI=1S/C21H17F7N4O4/c1-8-12(16(33)19(35)31-20(6-36-7-20)21(26,27)28)11-4-9(22)5-32(11)15(8)18(34)30-10-2-3-29-14(13(10)23)17(24)25/h2-3,9,17H,4-7H2,1H3,(H,31,35)(H,29,30,34). The Morgan fingerprint density at radius 2 is 1.92 bits per heavy atom. The molecule has 0 saturated carbocycles. The average molecular weight is 522 g/mol. The van der Waals surface area contributed by atoms with Crippen molar-refractivity contribution in [3.05, 3.63) is 46.3 Å². The highest BCUT2D eigenvalue weighted by Crippen LogP contribution is 2.37. The van der Waals surface area contributed by atoms with E-state index in [4.69, 9.17) is 0 Å². The summed E-state index contributed by atoms with van der Waals surface area (Å²) in [5.74, 6) is -5.70. The third kappa shape index (κ3) is 4.10. The Bertz CT molecular complexity index is 1250. The molecule has 1 atom stereocenters. The van der Waals surface area contributed by atoms with Gasteiger partial charge in [-0.05, 0) is 18.6 Å². The van der Waals surface area contributed by atoms with Crippen molar-refractivity contribution in [2.75, 3.05) is 18.5 Å². The van der Waals surface area contributed by atoms with Crippen LogP contribution < -0.4 is 10.6 Å². The Labute approximate surface area is 197 Å². The van der Waals surface area contributed by atoms with Gasteiger partial charge in [0.25, 0.3) is 24.0 Å². The highest BCUT2D eigenvalue weighted by atomic mass is 19.4. The van der Waals surface area contributed by atoms with Gasteiger partial charge in [-0.3, -0.25) is 19.4 Å². The maximum Gasteiger partial charge on any atom is 0.416 e. The number of fused-ring (bicyclic) bond motifs is 1. The zero-order chi connectivity index (χ0) is 26.6. The number of rotatable bonds is 6. The molecule has 194 valence electrons. The molecular formula is C21H17F7N4O4. The average Bonchev–Trinajstić information content (AvgIpc) is 3.23. The molecule has 8 nitrogen and oxygen atoms in total. The number of halogens is 7. The Kier molecular flexibility index (Phi) is 6.31. The van der Waals surface area contributed by atoms with Gasteiger partial charge in [0, 0.05) is 18.3 Å². The number of carbonyl (C=O) groups excluding carboxylic acids is 3. The highest BCUT2D eigenvalue weighted by molar-refractivity contribution is 6.44. The predicted octanol–water partition coefficient (Wildman–Crippen LogP) is 3.04. The summed E-state index contributed by atoms with van der Waals surface area (Å²) in [5.41, 5.74) is -5.80. The van der Waals surface area contributed by atoms with Crippen LogP contribution in [0, 0.1) is 12.7 Å². The van der Waals surface area contributed by atoms with Crippen LogP contribution in [-0.4, -0.2) is 58.2 Å². The minimum Gasteiger partial charge on any atom is -0.376 e. The number of anilines is 1. The van der Waals surface area contributed by atoms with Crippen LogP contribution in [0.5, 0.6) is 0 Å². The van der Waals surface area contributed by atoms with Gasteiger partial charge in [-0.1, -0.05) is 0 Å². The molecule has 1 fully saturated rings. The molecule has 2 aliphatic heterocycles. The summed E-state index contributed by atoms with van der Waals surface area (Å²) in [6.07, 6.45) is -9.38. The van der Waals surface area contributed by atoms with Crippen LogP contribution >= 0.6 is 0 Å². The number of nitrogens with one attached hydrogen (secondary N) is 2. The lowest BCUT2D eigenvalue weighted by Gasteiger charge is -2.42. The molecule has 0 aromatic carbocycles. The summed E-state index contributed by atoms with van der Waals surface area (Å²) in [4.78, 5) is 41.6. The number of alkyl halides is 6. The van der Waals surface area contributed by atoms with E-state index in [1.54, 1.807) is 5.32 Å². The topological polar surface area (TPSA) is 102 Å². The van der Waals surface area contributed by atoms with E-state index < -0.39 is 90.9 Å². The second-order valence-electron chi connectivity index (χ2n) is 8.38. The smallest absolute Gasteiger partial charge is 0.376 e. The van der Waals surface area contributed by atoms with Crippen LogP contribution in [-0.2, 0) is 22.5 Å². The summed E-state index contributed by atoms with van der Waals surface area (Å²) in [6.45, 7) is -1.04. The molecular weight excluding hydrogens is 505 g/mol. The maximum atomic E-state index is 14.3. The molecule has 1 saturated heterocycles. The van der Waals surface area contributed by atoms with E-state index in [-0.39, 0.29) is 17.0 Å². The van der Waals surface area contributed by atoms with Crippen LogP contribution in [0.2, 0.25) is 0 Å². The Morgan fingerprint density at radius 3 is 2.47 bits per heavy atom. The fourth-order valence-electron chi connectivity index (χ4n) is 4.18. The number of ether oxygens (including phenoxy) is 1. The van der Waals surface area contributed by atoms with Crippen LogP contribution in [0.4, 0.5) is 36.4 Å². The molecule has 0 spiro atoms. The number of pyridine rings is 1. The minimum atomic E-state index is -4.92. The molecule has 36 heavy (non-hydrogen) atoms. The van der Waals surface area contributed by atoms with E-state index in [1.807, 2.05) is 0 Å². The van der Waals surface area contributed by atoms with Gasteiger partial charge in [0.1, 0.15) is 17.6 Å². The van der Waals surface area contributed by atoms with Gasteiger partial charge in [-0.2, -0.15) is 13.2 Å². The second-order valence-corrected chi connectivity index (χ2v) is 8.38. The molecule has 0 bridgehead atoms. The van der Waals surface area contributed by atoms with E-state index in [2.05, 4.69) is 15.0 Å². The quantitative estimate of drug-likeness (QED) is 0.345. The molecule has 4 rings (SSSR count). The Morgan fingerprint density at radius 1 is 1.25 bits per heavy atom. The summed E-state index contributed by atoms with van der Waals surface area (Å²) in [7, 11) is 0. The molecule has 2 aromatic heterocycles. The molecule has 2 amide bonds. The summed E-state index contributed by atoms with van der Waals surface area (Å²) in [5, 5.41) is 3.69. The number of ketones is 1. The lowest BCUT2D eigenvalue weighted by atomic mass is 9.95. The number of carbonyl (C=O) groups is 3. The zero-order valence-electron chi connectivity index (χ0n) is 18.3. The van der Waals surface area contributed by atoms with Crippen LogP contribution in [0.25, 0.3) is 0 Å². The monoisotopic (exact) mass is 522 g/mol. The van der Waals surface area contributed by atoms with E-state index >= 15 is 0 Å². The van der Waals surface area contributed by atoms with Gasteiger partial charge >= 0.3 is 6.18 Å². The number of hydrogen-bond acceptors (Lipinski definition) is 5. The molecule has 15 heteroatoms. The van der Waals surface area contributed by atoms with E-state index in [9.17, 15) is 45.1 Å². The first-order valence-corrected chi connectivity index (χ1v) is 10.4. The molecule has 4 heterocycles. The fraction of sp³-hybridized carbons (Fsp3) is 0.429. The molecule has 2 aromatic rings. The first-order valence-electron chi connectivity index (χ1n) is 10.4. The van der Waals surface area contributed by atoms with Crippen molar-refractivity contribution in [2.45, 2.75) is 44.2 Å². The number of nitrogens with zero attached hydrogens (tertiary/aromatic N) is 2. The third-order valence-electron chi connectivity index (χ3n) is 6.02. The van der Waals surface area contributed by atoms with Crippen molar-refractivity contribution in [3.8, 4) is 0 Å². The molecule has 2 aliphatic rings. The summed E-state index contributed by atoms with van der Waals surface area (Å²) < 4.78 is 100. The van der Waals surface area contributed by atoms with E-state index in [0.29, 0.717) is 0 Å². The first-order chi connectivity index (χ1) is 16.8. The highest BCUT2D eigenvalue weighted by Gasteiger charge is 2.61. The SMILES string of the molecule is Cc1c(C(=O)C(=O)NC2(C(F)(F)F)COC2)c2n(c1C(=O)Nc1ccnc(C(F)F)c1F)CC(F)C2. The predicted molar refractivity (Wildman–Crippen MR) is 107 cm³/mol. The molecule has 0 aliphatic carbocycles. The maximum absolute atomic E-state index is 14.3. The van der Waals surface area contributed by atoms with Crippen LogP contribution in [0.3, 0.4) is 0 Å². The van der Waals surface area contributed by atoms with Gasteiger partial charge in [-0.15, -0.1) is 0 Å². The van der Waals surface area contributed by atoms with Crippen LogP contribution in [0.1, 0.15) is 44.2 Å². The number of aromatic nitrogens is 2. The van der Waals surface area contributed by atoms with Gasteiger partial charge < -0.3 is 19.9 Å². The Balaban J connectivity index is 1.67. The van der Waals surface area contributed by atoms with Crippen molar-refractivity contribution in [1.82, 2.24) is 14.9 Å². The number of amides is 2. The zero-order valence-corrected chi connectivity index (χ0v) is 18.3. The van der Waals surface area contributed by atoms with Crippen molar-refractivity contribution in [3.63, 3.8) is 0 Å². The normalized spacial score (nSPS) is 18.5. The molecule has 1 unspecified atom stereocenters. The molecule has 2 N–H and O–H groups in total. The number of hydrogen-bond donors (Lipinski definition) is 2. The van der Waals surface area contributed by atoms with E-state index in [0.717, 1.165) is 16.8 Å². The lowest BCUT2D eigenvalue weighted by molar-refractivity contribution is -0.265. The van der Waals surface area contributed by atoms with Crippen molar-refractivity contribution >= 4 is 23.3 Å².